The lowest BCUT2D eigenvalue weighted by atomic mass is 10.3. The van der Waals surface area contributed by atoms with Crippen LogP contribution in [0.3, 0.4) is 0 Å². The average molecular weight is 312 g/mol. The lowest BCUT2D eigenvalue weighted by Crippen LogP contribution is -2.39. The number of guanidine groups is 1. The Labute approximate surface area is 137 Å². The molecule has 5 heteroatoms. The van der Waals surface area contributed by atoms with Gasteiger partial charge in [-0.2, -0.15) is 0 Å². The SMILES string of the molecule is CCNC(=NCc1cccc(C)n1)NCCOc1ccccc1. The molecule has 0 atom stereocenters. The molecule has 1 aromatic carbocycles. The second-order valence-corrected chi connectivity index (χ2v) is 5.05. The molecule has 0 aliphatic carbocycles. The third-order valence-electron chi connectivity index (χ3n) is 3.10. The molecule has 2 aromatic rings. The zero-order chi connectivity index (χ0) is 16.3. The molecule has 0 aliphatic heterocycles. The van der Waals surface area contributed by atoms with Gasteiger partial charge in [-0.1, -0.05) is 24.3 Å². The van der Waals surface area contributed by atoms with Gasteiger partial charge in [0.05, 0.1) is 18.8 Å². The predicted molar refractivity (Wildman–Crippen MR) is 93.7 cm³/mol. The maximum atomic E-state index is 5.66. The van der Waals surface area contributed by atoms with Crippen molar-refractivity contribution in [3.05, 3.63) is 59.9 Å². The minimum atomic E-state index is 0.552. The van der Waals surface area contributed by atoms with Gasteiger partial charge in [-0.3, -0.25) is 4.98 Å². The Morgan fingerprint density at radius 3 is 2.65 bits per heavy atom. The summed E-state index contributed by atoms with van der Waals surface area (Å²) in [5, 5.41) is 6.48. The minimum absolute atomic E-state index is 0.552. The number of pyridine rings is 1. The van der Waals surface area contributed by atoms with Gasteiger partial charge in [-0.25, -0.2) is 4.99 Å². The Kier molecular flexibility index (Phi) is 6.91. The van der Waals surface area contributed by atoms with Gasteiger partial charge >= 0.3 is 0 Å². The van der Waals surface area contributed by atoms with Crippen LogP contribution >= 0.6 is 0 Å². The quantitative estimate of drug-likeness (QED) is 0.468. The summed E-state index contributed by atoms with van der Waals surface area (Å²) in [6, 6.07) is 15.8. The molecule has 0 aliphatic rings. The molecule has 1 aromatic heterocycles. The highest BCUT2D eigenvalue weighted by atomic mass is 16.5. The molecule has 1 heterocycles. The zero-order valence-electron chi connectivity index (χ0n) is 13.7. The van der Waals surface area contributed by atoms with E-state index in [2.05, 4.69) is 20.6 Å². The second kappa shape index (κ2) is 9.46. The standard InChI is InChI=1S/C18H24N4O/c1-3-19-18(21-14-16-9-7-8-15(2)22-16)20-12-13-23-17-10-5-4-6-11-17/h4-11H,3,12-14H2,1-2H3,(H2,19,20,21). The van der Waals surface area contributed by atoms with E-state index in [-0.39, 0.29) is 0 Å². The molecular weight excluding hydrogens is 288 g/mol. The number of ether oxygens (including phenoxy) is 1. The third kappa shape index (κ3) is 6.38. The fraction of sp³-hybridized carbons (Fsp3) is 0.333. The molecule has 0 bridgehead atoms. The van der Waals surface area contributed by atoms with Crippen molar-refractivity contribution in [2.45, 2.75) is 20.4 Å². The third-order valence-corrected chi connectivity index (χ3v) is 3.10. The lowest BCUT2D eigenvalue weighted by molar-refractivity contribution is 0.322. The lowest BCUT2D eigenvalue weighted by Gasteiger charge is -2.12. The molecule has 23 heavy (non-hydrogen) atoms. The van der Waals surface area contributed by atoms with Crippen molar-refractivity contribution in [1.82, 2.24) is 15.6 Å². The maximum absolute atomic E-state index is 5.66. The van der Waals surface area contributed by atoms with Crippen LogP contribution in [0, 0.1) is 6.92 Å². The molecule has 5 nitrogen and oxygen atoms in total. The number of aliphatic imine (C=N–C) groups is 1. The minimum Gasteiger partial charge on any atom is -0.492 e. The molecule has 0 fully saturated rings. The Morgan fingerprint density at radius 1 is 1.09 bits per heavy atom. The molecule has 0 radical (unpaired) electrons. The molecule has 0 unspecified atom stereocenters. The summed E-state index contributed by atoms with van der Waals surface area (Å²) >= 11 is 0. The summed E-state index contributed by atoms with van der Waals surface area (Å²) in [7, 11) is 0. The first kappa shape index (κ1) is 16.8. The Balaban J connectivity index is 1.79. The largest absolute Gasteiger partial charge is 0.492 e. The normalized spacial score (nSPS) is 11.1. The highest BCUT2D eigenvalue weighted by molar-refractivity contribution is 5.79. The first-order valence-corrected chi connectivity index (χ1v) is 7.90. The van der Waals surface area contributed by atoms with Crippen LogP contribution in [0.15, 0.2) is 53.5 Å². The van der Waals surface area contributed by atoms with Crippen LogP contribution in [-0.2, 0) is 6.54 Å². The van der Waals surface area contributed by atoms with Gasteiger partial charge in [-0.05, 0) is 38.1 Å². The summed E-state index contributed by atoms with van der Waals surface area (Å²) in [6.45, 7) is 6.66. The van der Waals surface area contributed by atoms with Crippen molar-refractivity contribution in [2.75, 3.05) is 19.7 Å². The molecule has 2 rings (SSSR count). The van der Waals surface area contributed by atoms with E-state index in [1.54, 1.807) is 0 Å². The number of aryl methyl sites for hydroxylation is 1. The molecule has 0 saturated carbocycles. The van der Waals surface area contributed by atoms with Gasteiger partial charge < -0.3 is 15.4 Å². The van der Waals surface area contributed by atoms with Crippen LogP contribution in [0.2, 0.25) is 0 Å². The van der Waals surface area contributed by atoms with Gasteiger partial charge in [0.25, 0.3) is 0 Å². The summed E-state index contributed by atoms with van der Waals surface area (Å²) in [6.07, 6.45) is 0. The average Bonchev–Trinajstić information content (AvgIpc) is 2.57. The van der Waals surface area contributed by atoms with Crippen molar-refractivity contribution < 1.29 is 4.74 Å². The first-order valence-electron chi connectivity index (χ1n) is 7.90. The number of rotatable bonds is 7. The number of hydrogen-bond acceptors (Lipinski definition) is 3. The predicted octanol–water partition coefficient (Wildman–Crippen LogP) is 2.52. The van der Waals surface area contributed by atoms with Gasteiger partial charge in [-0.15, -0.1) is 0 Å². The van der Waals surface area contributed by atoms with E-state index < -0.39 is 0 Å². The fourth-order valence-electron chi connectivity index (χ4n) is 2.04. The van der Waals surface area contributed by atoms with E-state index in [0.29, 0.717) is 19.7 Å². The van der Waals surface area contributed by atoms with Crippen LogP contribution in [-0.4, -0.2) is 30.6 Å². The number of benzene rings is 1. The monoisotopic (exact) mass is 312 g/mol. The maximum Gasteiger partial charge on any atom is 0.191 e. The van der Waals surface area contributed by atoms with Crippen LogP contribution in [0.4, 0.5) is 0 Å². The fourth-order valence-corrected chi connectivity index (χ4v) is 2.04. The Hall–Kier alpha value is -2.56. The number of nitrogens with one attached hydrogen (secondary N) is 2. The summed E-state index contributed by atoms with van der Waals surface area (Å²) < 4.78 is 5.66. The summed E-state index contributed by atoms with van der Waals surface area (Å²) in [5.41, 5.74) is 1.97. The van der Waals surface area contributed by atoms with E-state index in [1.807, 2.05) is 62.4 Å². The van der Waals surface area contributed by atoms with Crippen molar-refractivity contribution in [3.63, 3.8) is 0 Å². The van der Waals surface area contributed by atoms with Crippen molar-refractivity contribution in [2.24, 2.45) is 4.99 Å². The number of hydrogen-bond donors (Lipinski definition) is 2. The van der Waals surface area contributed by atoms with Crippen LogP contribution in [0.5, 0.6) is 5.75 Å². The van der Waals surface area contributed by atoms with Gasteiger partial charge in [0.1, 0.15) is 12.4 Å². The van der Waals surface area contributed by atoms with Gasteiger partial charge in [0.2, 0.25) is 0 Å². The first-order chi connectivity index (χ1) is 11.3. The molecule has 0 amide bonds. The van der Waals surface area contributed by atoms with Crippen LogP contribution in [0.1, 0.15) is 18.3 Å². The van der Waals surface area contributed by atoms with E-state index >= 15 is 0 Å². The number of aromatic nitrogens is 1. The van der Waals surface area contributed by atoms with Gasteiger partial charge in [0, 0.05) is 12.2 Å². The molecule has 0 spiro atoms. The van der Waals surface area contributed by atoms with Gasteiger partial charge in [0.15, 0.2) is 5.96 Å². The van der Waals surface area contributed by atoms with Crippen LogP contribution < -0.4 is 15.4 Å². The highest BCUT2D eigenvalue weighted by Gasteiger charge is 1.99. The molecule has 122 valence electrons. The topological polar surface area (TPSA) is 58.5 Å². The van der Waals surface area contributed by atoms with E-state index in [4.69, 9.17) is 4.74 Å². The molecule has 2 N–H and O–H groups in total. The second-order valence-electron chi connectivity index (χ2n) is 5.05. The van der Waals surface area contributed by atoms with Crippen molar-refractivity contribution in [3.8, 4) is 5.75 Å². The Morgan fingerprint density at radius 2 is 1.91 bits per heavy atom. The van der Waals surface area contributed by atoms with Crippen LogP contribution in [0.25, 0.3) is 0 Å². The van der Waals surface area contributed by atoms with Crippen molar-refractivity contribution in [1.29, 1.82) is 0 Å². The molecule has 0 saturated heterocycles. The zero-order valence-corrected chi connectivity index (χ0v) is 13.7. The smallest absolute Gasteiger partial charge is 0.191 e. The number of nitrogens with zero attached hydrogens (tertiary/aromatic N) is 2. The number of para-hydroxylation sites is 1. The Bertz CT molecular complexity index is 613. The van der Waals surface area contributed by atoms with E-state index in [1.165, 1.54) is 0 Å². The van der Waals surface area contributed by atoms with E-state index in [9.17, 15) is 0 Å². The van der Waals surface area contributed by atoms with Crippen molar-refractivity contribution >= 4 is 5.96 Å². The van der Waals surface area contributed by atoms with E-state index in [0.717, 1.165) is 29.6 Å². The molecular formula is C18H24N4O. The summed E-state index contributed by atoms with van der Waals surface area (Å²) in [5.74, 6) is 1.65. The summed E-state index contributed by atoms with van der Waals surface area (Å²) in [4.78, 5) is 9.00. The highest BCUT2D eigenvalue weighted by Crippen LogP contribution is 2.07.